The maximum absolute atomic E-state index is 12.2. The van der Waals surface area contributed by atoms with E-state index in [0.717, 1.165) is 4.90 Å². The van der Waals surface area contributed by atoms with E-state index in [1.165, 1.54) is 6.26 Å². The number of hydrogen-bond donors (Lipinski definition) is 1. The molecule has 25 heavy (non-hydrogen) atoms. The van der Waals surface area contributed by atoms with Crippen molar-refractivity contribution in [2.75, 3.05) is 11.9 Å². The Kier molecular flexibility index (Phi) is 3.38. The summed E-state index contributed by atoms with van der Waals surface area (Å²) in [6.45, 7) is -0.454. The Morgan fingerprint density at radius 3 is 2.40 bits per heavy atom. The zero-order chi connectivity index (χ0) is 17.4. The molecule has 2 aromatic heterocycles. The minimum atomic E-state index is -0.635. The molecule has 1 aromatic carbocycles. The van der Waals surface area contributed by atoms with Gasteiger partial charge in [-0.15, -0.1) is 5.10 Å². The van der Waals surface area contributed by atoms with E-state index in [4.69, 9.17) is 8.83 Å². The van der Waals surface area contributed by atoms with E-state index in [9.17, 15) is 14.4 Å². The number of amides is 3. The highest BCUT2D eigenvalue weighted by atomic mass is 16.4. The Hall–Kier alpha value is -3.75. The van der Waals surface area contributed by atoms with Crippen LogP contribution in [0.3, 0.4) is 0 Å². The van der Waals surface area contributed by atoms with Gasteiger partial charge < -0.3 is 8.83 Å². The molecule has 0 fully saturated rings. The highest BCUT2D eigenvalue weighted by Crippen LogP contribution is 2.23. The Morgan fingerprint density at radius 2 is 1.76 bits per heavy atom. The average molecular weight is 338 g/mol. The van der Waals surface area contributed by atoms with Gasteiger partial charge in [0.2, 0.25) is 5.91 Å². The van der Waals surface area contributed by atoms with Crippen LogP contribution in [0.2, 0.25) is 0 Å². The van der Waals surface area contributed by atoms with Crippen molar-refractivity contribution in [2.45, 2.75) is 0 Å². The number of hydrogen-bond acceptors (Lipinski definition) is 7. The molecular weight excluding hydrogens is 328 g/mol. The predicted molar refractivity (Wildman–Crippen MR) is 82.4 cm³/mol. The molecule has 3 amide bonds. The molecule has 1 aliphatic rings. The molecule has 4 rings (SSSR count). The second kappa shape index (κ2) is 5.71. The number of furan rings is 1. The predicted octanol–water partition coefficient (Wildman–Crippen LogP) is 1.56. The van der Waals surface area contributed by atoms with Crippen LogP contribution in [0.5, 0.6) is 0 Å². The first kappa shape index (κ1) is 14.8. The molecular formula is C16H10N4O5. The molecule has 0 atom stereocenters. The van der Waals surface area contributed by atoms with Crippen molar-refractivity contribution in [2.24, 2.45) is 0 Å². The lowest BCUT2D eigenvalue weighted by molar-refractivity contribution is -0.116. The smallest absolute Gasteiger partial charge is 0.322 e. The van der Waals surface area contributed by atoms with Gasteiger partial charge in [-0.2, -0.15) is 0 Å². The summed E-state index contributed by atoms with van der Waals surface area (Å²) in [7, 11) is 0. The van der Waals surface area contributed by atoms with Crippen molar-refractivity contribution in [1.82, 2.24) is 15.1 Å². The second-order valence-electron chi connectivity index (χ2n) is 5.18. The minimum absolute atomic E-state index is 0.0982. The number of aromatic nitrogens is 2. The van der Waals surface area contributed by atoms with E-state index in [0.29, 0.717) is 5.76 Å². The zero-order valence-electron chi connectivity index (χ0n) is 12.6. The van der Waals surface area contributed by atoms with Crippen molar-refractivity contribution in [3.63, 3.8) is 0 Å². The number of fused-ring (bicyclic) bond motifs is 1. The fraction of sp³-hybridized carbons (Fsp3) is 0.0625. The number of nitrogens with zero attached hydrogens (tertiary/aromatic N) is 3. The maximum Gasteiger partial charge on any atom is 0.322 e. The van der Waals surface area contributed by atoms with Crippen LogP contribution in [0, 0.1) is 0 Å². The zero-order valence-corrected chi connectivity index (χ0v) is 12.6. The first-order valence-electron chi connectivity index (χ1n) is 7.26. The van der Waals surface area contributed by atoms with Crippen molar-refractivity contribution in [1.29, 1.82) is 0 Å². The van der Waals surface area contributed by atoms with Gasteiger partial charge in [0.15, 0.2) is 5.76 Å². The molecule has 9 heteroatoms. The molecule has 0 unspecified atom stereocenters. The molecule has 0 spiro atoms. The Morgan fingerprint density at radius 1 is 1.04 bits per heavy atom. The van der Waals surface area contributed by atoms with Crippen LogP contribution in [-0.4, -0.2) is 39.4 Å². The van der Waals surface area contributed by atoms with Crippen molar-refractivity contribution in [3.05, 3.63) is 53.8 Å². The van der Waals surface area contributed by atoms with Gasteiger partial charge in [0, 0.05) is 0 Å². The highest BCUT2D eigenvalue weighted by molar-refractivity contribution is 6.22. The minimum Gasteiger partial charge on any atom is -0.459 e. The SMILES string of the molecule is O=C(CN1C(=O)c2ccccc2C1=O)Nc1nnc(-c2ccco2)o1. The Bertz CT molecular complexity index is 941. The molecule has 124 valence electrons. The van der Waals surface area contributed by atoms with Gasteiger partial charge in [-0.25, -0.2) is 0 Å². The molecule has 1 aliphatic heterocycles. The number of benzene rings is 1. The third-order valence-corrected chi connectivity index (χ3v) is 3.58. The van der Waals surface area contributed by atoms with Crippen molar-refractivity contribution in [3.8, 4) is 11.7 Å². The fourth-order valence-electron chi connectivity index (χ4n) is 2.46. The highest BCUT2D eigenvalue weighted by Gasteiger charge is 2.36. The Labute approximate surface area is 140 Å². The van der Waals surface area contributed by atoms with Gasteiger partial charge in [0.1, 0.15) is 6.54 Å². The van der Waals surface area contributed by atoms with Gasteiger partial charge in [0.05, 0.1) is 17.4 Å². The van der Waals surface area contributed by atoms with E-state index in [-0.39, 0.29) is 23.0 Å². The summed E-state index contributed by atoms with van der Waals surface area (Å²) in [6, 6.07) is 9.51. The van der Waals surface area contributed by atoms with Crippen LogP contribution < -0.4 is 5.32 Å². The van der Waals surface area contributed by atoms with Crippen molar-refractivity contribution < 1.29 is 23.2 Å². The first-order valence-corrected chi connectivity index (χ1v) is 7.26. The number of anilines is 1. The molecule has 1 N–H and O–H groups in total. The van der Waals surface area contributed by atoms with Crippen molar-refractivity contribution >= 4 is 23.7 Å². The second-order valence-corrected chi connectivity index (χ2v) is 5.18. The van der Waals surface area contributed by atoms with E-state index in [1.807, 2.05) is 0 Å². The first-order chi connectivity index (χ1) is 12.1. The van der Waals surface area contributed by atoms with Crippen LogP contribution in [0.15, 0.2) is 51.5 Å². The molecule has 0 aliphatic carbocycles. The standard InChI is InChI=1S/C16H10N4O5/c21-12(17-16-19-18-13(25-16)11-6-3-7-24-11)8-20-14(22)9-4-1-2-5-10(9)15(20)23/h1-7H,8H2,(H,17,19,21). The summed E-state index contributed by atoms with van der Waals surface area (Å²) in [6.07, 6.45) is 1.44. The maximum atomic E-state index is 12.2. The lowest BCUT2D eigenvalue weighted by atomic mass is 10.1. The van der Waals surface area contributed by atoms with Crippen LogP contribution in [-0.2, 0) is 4.79 Å². The summed E-state index contributed by atoms with van der Waals surface area (Å²) in [5.41, 5.74) is 0.552. The molecule has 0 saturated heterocycles. The monoisotopic (exact) mass is 338 g/mol. The molecule has 0 radical (unpaired) electrons. The van der Waals surface area contributed by atoms with Crippen LogP contribution >= 0.6 is 0 Å². The number of rotatable bonds is 4. The quantitative estimate of drug-likeness (QED) is 0.717. The van der Waals surface area contributed by atoms with E-state index >= 15 is 0 Å². The van der Waals surface area contributed by atoms with Gasteiger partial charge in [-0.1, -0.05) is 17.2 Å². The summed E-state index contributed by atoms with van der Waals surface area (Å²) in [4.78, 5) is 37.4. The Balaban J connectivity index is 1.45. The van der Waals surface area contributed by atoms with E-state index in [2.05, 4.69) is 15.5 Å². The third-order valence-electron chi connectivity index (χ3n) is 3.58. The molecule has 0 bridgehead atoms. The lowest BCUT2D eigenvalue weighted by Gasteiger charge is -2.12. The summed E-state index contributed by atoms with van der Waals surface area (Å²) < 4.78 is 10.3. The topological polar surface area (TPSA) is 119 Å². The summed E-state index contributed by atoms with van der Waals surface area (Å²) in [5, 5.41) is 9.75. The van der Waals surface area contributed by atoms with E-state index in [1.54, 1.807) is 36.4 Å². The summed E-state index contributed by atoms with van der Waals surface area (Å²) >= 11 is 0. The fourth-order valence-corrected chi connectivity index (χ4v) is 2.46. The van der Waals surface area contributed by atoms with E-state index < -0.39 is 24.3 Å². The van der Waals surface area contributed by atoms with Crippen LogP contribution in [0.4, 0.5) is 6.01 Å². The van der Waals surface area contributed by atoms with Gasteiger partial charge >= 0.3 is 6.01 Å². The van der Waals surface area contributed by atoms with Gasteiger partial charge in [-0.05, 0) is 24.3 Å². The molecule has 3 heterocycles. The van der Waals surface area contributed by atoms with Gasteiger partial charge in [0.25, 0.3) is 17.7 Å². The number of carbonyl (C=O) groups excluding carboxylic acids is 3. The molecule has 0 saturated carbocycles. The number of imide groups is 1. The third kappa shape index (κ3) is 2.57. The van der Waals surface area contributed by atoms with Gasteiger partial charge in [-0.3, -0.25) is 24.6 Å². The molecule has 3 aromatic rings. The normalized spacial score (nSPS) is 13.2. The average Bonchev–Trinajstić information content (AvgIpc) is 3.33. The van der Waals surface area contributed by atoms with Crippen LogP contribution in [0.1, 0.15) is 20.7 Å². The largest absolute Gasteiger partial charge is 0.459 e. The lowest BCUT2D eigenvalue weighted by Crippen LogP contribution is -2.37. The number of carbonyl (C=O) groups is 3. The molecule has 9 nitrogen and oxygen atoms in total. The van der Waals surface area contributed by atoms with Crippen LogP contribution in [0.25, 0.3) is 11.7 Å². The summed E-state index contributed by atoms with van der Waals surface area (Å²) in [5.74, 6) is -1.21. The number of nitrogens with one attached hydrogen (secondary N) is 1.